The molecule has 0 heterocycles. The molecule has 1 rings (SSSR count). The second-order valence-corrected chi connectivity index (χ2v) is 3.08. The molecule has 0 spiro atoms. The summed E-state index contributed by atoms with van der Waals surface area (Å²) in [6.07, 6.45) is 0. The molecule has 0 aliphatic rings. The van der Waals surface area contributed by atoms with Crippen LogP contribution in [0.2, 0.25) is 10.0 Å². The van der Waals surface area contributed by atoms with E-state index in [2.05, 4.69) is 0 Å². The molecular weight excluding hydrogens is 419 g/mol. The van der Waals surface area contributed by atoms with E-state index in [9.17, 15) is 9.90 Å². The summed E-state index contributed by atoms with van der Waals surface area (Å²) in [6, 6.07) is 4.51. The van der Waals surface area contributed by atoms with Gasteiger partial charge in [-0.2, -0.15) is 0 Å². The Labute approximate surface area is 111 Å². The van der Waals surface area contributed by atoms with E-state index in [1.165, 1.54) is 12.1 Å². The van der Waals surface area contributed by atoms with Crippen molar-refractivity contribution in [1.29, 1.82) is 0 Å². The van der Waals surface area contributed by atoms with Gasteiger partial charge in [-0.3, -0.25) is 0 Å². The molecule has 3 nitrogen and oxygen atoms in total. The Morgan fingerprint density at radius 1 is 1.43 bits per heavy atom. The Morgan fingerprint density at radius 2 is 2.07 bits per heavy atom. The Bertz CT molecular complexity index is 330. The molecule has 0 saturated heterocycles. The minimum atomic E-state index is -1.30. The first-order chi connectivity index (χ1) is 6.09. The number of carbonyl (C=O) groups is 1. The summed E-state index contributed by atoms with van der Waals surface area (Å²) in [4.78, 5) is 10.0. The number of benzene rings is 1. The van der Waals surface area contributed by atoms with Crippen molar-refractivity contribution in [2.75, 3.05) is 6.61 Å². The second-order valence-electron chi connectivity index (χ2n) is 2.24. The Hall–Kier alpha value is -0.00792. The van der Waals surface area contributed by atoms with Gasteiger partial charge in [0.05, 0.1) is 11.0 Å². The zero-order chi connectivity index (χ0) is 9.84. The van der Waals surface area contributed by atoms with Crippen LogP contribution in [0.3, 0.4) is 0 Å². The van der Waals surface area contributed by atoms with Gasteiger partial charge in [-0.05, 0) is 18.2 Å². The summed E-state index contributed by atoms with van der Waals surface area (Å²) in [6.45, 7) is -0.526. The molecular formula is C8H5Cl2O3Tl. The molecule has 1 aromatic rings. The summed E-state index contributed by atoms with van der Waals surface area (Å²) in [5.74, 6) is -1.03. The molecule has 0 saturated carbocycles. The molecule has 0 atom stereocenters. The average molecular weight is 424 g/mol. The van der Waals surface area contributed by atoms with Gasteiger partial charge < -0.3 is 14.6 Å². The van der Waals surface area contributed by atoms with Crippen molar-refractivity contribution in [3.05, 3.63) is 28.2 Å². The first-order valence-corrected chi connectivity index (χ1v) is 4.13. The van der Waals surface area contributed by atoms with E-state index in [0.717, 1.165) is 0 Å². The van der Waals surface area contributed by atoms with Gasteiger partial charge >= 0.3 is 27.3 Å². The molecule has 1 aromatic carbocycles. The van der Waals surface area contributed by atoms with Crippen LogP contribution in [0.5, 0.6) is 5.75 Å². The Balaban J connectivity index is 0.00000169. The number of halogens is 2. The van der Waals surface area contributed by atoms with Crippen molar-refractivity contribution in [3.8, 4) is 5.75 Å². The van der Waals surface area contributed by atoms with Gasteiger partial charge in [0, 0.05) is 5.02 Å². The summed E-state index contributed by atoms with van der Waals surface area (Å²) in [5.41, 5.74) is 0. The maximum atomic E-state index is 10.0. The molecule has 0 fully saturated rings. The van der Waals surface area contributed by atoms with Gasteiger partial charge in [-0.25, -0.2) is 0 Å². The van der Waals surface area contributed by atoms with Crippen LogP contribution < -0.4 is 9.84 Å². The van der Waals surface area contributed by atoms with Crippen LogP contribution in [0.15, 0.2) is 18.2 Å². The molecule has 0 aromatic heterocycles. The number of hydrogen-bond donors (Lipinski definition) is 0. The number of carbonyl (C=O) groups excluding carboxylic acids is 1. The van der Waals surface area contributed by atoms with Crippen LogP contribution in [-0.2, 0) is 4.79 Å². The molecule has 6 heteroatoms. The Morgan fingerprint density at radius 3 is 2.57 bits per heavy atom. The molecule has 0 aliphatic heterocycles. The zero-order valence-corrected chi connectivity index (χ0v) is 13.0. The van der Waals surface area contributed by atoms with Crippen LogP contribution in [0.25, 0.3) is 0 Å². The van der Waals surface area contributed by atoms with Crippen molar-refractivity contribution in [2.24, 2.45) is 0 Å². The third kappa shape index (κ3) is 4.48. The Kier molecular flexibility index (Phi) is 6.47. The molecule has 72 valence electrons. The third-order valence-electron chi connectivity index (χ3n) is 1.24. The van der Waals surface area contributed by atoms with Crippen molar-refractivity contribution >= 4 is 56.5 Å². The van der Waals surface area contributed by atoms with Crippen LogP contribution in [-0.4, -0.2) is 39.9 Å². The number of hydrogen-bond acceptors (Lipinski definition) is 3. The summed E-state index contributed by atoms with van der Waals surface area (Å²) < 4.78 is 4.80. The van der Waals surface area contributed by atoms with Crippen LogP contribution in [0.1, 0.15) is 0 Å². The van der Waals surface area contributed by atoms with E-state index in [1.54, 1.807) is 6.07 Å². The van der Waals surface area contributed by atoms with Crippen molar-refractivity contribution < 1.29 is 14.6 Å². The molecule has 0 unspecified atom stereocenters. The second kappa shape index (κ2) is 6.47. The largest absolute Gasteiger partial charge is 1.00 e. The molecule has 0 amide bonds. The van der Waals surface area contributed by atoms with Gasteiger partial charge in [0.15, 0.2) is 0 Å². The first-order valence-electron chi connectivity index (χ1n) is 3.37. The van der Waals surface area contributed by atoms with Crippen LogP contribution in [0.4, 0.5) is 0 Å². The first kappa shape index (κ1) is 14.0. The molecule has 0 bridgehead atoms. The smallest absolute Gasteiger partial charge is 0.546 e. The molecule has 0 radical (unpaired) electrons. The predicted molar refractivity (Wildman–Crippen MR) is 52.7 cm³/mol. The average Bonchev–Trinajstić information content (AvgIpc) is 2.02. The van der Waals surface area contributed by atoms with Crippen molar-refractivity contribution in [2.45, 2.75) is 0 Å². The van der Waals surface area contributed by atoms with E-state index in [-0.39, 0.29) is 38.1 Å². The molecule has 14 heavy (non-hydrogen) atoms. The van der Waals surface area contributed by atoms with Gasteiger partial charge in [0.1, 0.15) is 12.4 Å². The number of rotatable bonds is 3. The fourth-order valence-corrected chi connectivity index (χ4v) is 1.19. The zero-order valence-electron chi connectivity index (χ0n) is 7.00. The van der Waals surface area contributed by atoms with Gasteiger partial charge in [-0.15, -0.1) is 0 Å². The monoisotopic (exact) mass is 424 g/mol. The number of ether oxygens (including phenoxy) is 1. The van der Waals surface area contributed by atoms with Crippen LogP contribution >= 0.6 is 23.2 Å². The van der Waals surface area contributed by atoms with Gasteiger partial charge in [-0.1, -0.05) is 23.2 Å². The minimum Gasteiger partial charge on any atom is -0.546 e. The van der Waals surface area contributed by atoms with Gasteiger partial charge in [0.25, 0.3) is 0 Å². The standard InChI is InChI=1S/C8H6Cl2O3.Tl/c9-5-1-2-7(6(10)3-5)13-4-8(11)12;/h1-3H,4H2,(H,11,12);/q;+1/p-1. The van der Waals surface area contributed by atoms with Crippen molar-refractivity contribution in [3.63, 3.8) is 0 Å². The van der Waals surface area contributed by atoms with E-state index < -0.39 is 12.6 Å². The summed E-state index contributed by atoms with van der Waals surface area (Å²) >= 11 is 11.3. The normalized spacial score (nSPS) is 9.00. The molecule has 0 N–H and O–H groups in total. The fourth-order valence-electron chi connectivity index (χ4n) is 0.729. The number of carboxylic acids is 1. The van der Waals surface area contributed by atoms with E-state index in [1.807, 2.05) is 0 Å². The summed E-state index contributed by atoms with van der Waals surface area (Å²) in [5, 5.41) is 10.8. The number of carboxylic acid groups (broad SMARTS) is 1. The number of aliphatic carboxylic acids is 1. The SMILES string of the molecule is O=C([O-])COc1ccc(Cl)cc1Cl.[Tl+]. The maximum Gasteiger partial charge on any atom is 1.00 e. The minimum absolute atomic E-state index is 0. The van der Waals surface area contributed by atoms with Gasteiger partial charge in [0.2, 0.25) is 0 Å². The van der Waals surface area contributed by atoms with E-state index in [0.29, 0.717) is 5.02 Å². The maximum absolute atomic E-state index is 10.0. The van der Waals surface area contributed by atoms with E-state index >= 15 is 0 Å². The quantitative estimate of drug-likeness (QED) is 0.673. The molecule has 0 aliphatic carbocycles. The van der Waals surface area contributed by atoms with Crippen LogP contribution in [0, 0.1) is 0 Å². The predicted octanol–water partition coefficient (Wildman–Crippen LogP) is 0.741. The fraction of sp³-hybridized carbons (Fsp3) is 0.125. The van der Waals surface area contributed by atoms with E-state index in [4.69, 9.17) is 27.9 Å². The van der Waals surface area contributed by atoms with Crippen molar-refractivity contribution in [1.82, 2.24) is 0 Å². The third-order valence-corrected chi connectivity index (χ3v) is 1.77. The topological polar surface area (TPSA) is 49.4 Å². The summed E-state index contributed by atoms with van der Waals surface area (Å²) in [7, 11) is 0.